The number of esters is 1. The van der Waals surface area contributed by atoms with E-state index in [1.165, 1.54) is 70.6 Å². The predicted octanol–water partition coefficient (Wildman–Crippen LogP) is 13.0. The molecule has 3 unspecified atom stereocenters. The van der Waals surface area contributed by atoms with Crippen LogP contribution in [0.15, 0.2) is 72.9 Å². The second kappa shape index (κ2) is 43.5. The lowest BCUT2D eigenvalue weighted by Crippen LogP contribution is -2.34. The topological polar surface area (TPSA) is 155 Å². The number of carbonyl (C=O) groups excluding carboxylic acids is 1. The third-order valence-corrected chi connectivity index (χ3v) is 10.4. The Bertz CT molecular complexity index is 1210. The number of aliphatic carboxylic acids is 1. The average Bonchev–Trinajstić information content (AvgIpc) is 3.21. The van der Waals surface area contributed by atoms with Gasteiger partial charge in [-0.25, -0.2) is 4.57 Å². The van der Waals surface area contributed by atoms with Crippen LogP contribution >= 0.6 is 7.82 Å². The van der Waals surface area contributed by atoms with Crippen LogP contribution in [-0.2, 0) is 32.7 Å². The van der Waals surface area contributed by atoms with E-state index >= 15 is 0 Å². The van der Waals surface area contributed by atoms with E-state index < -0.39 is 45.1 Å². The van der Waals surface area contributed by atoms with Gasteiger partial charge in [0, 0.05) is 13.0 Å². The summed E-state index contributed by atoms with van der Waals surface area (Å²) >= 11 is 0. The van der Waals surface area contributed by atoms with Gasteiger partial charge in [0.2, 0.25) is 0 Å². The molecule has 11 heteroatoms. The fourth-order valence-electron chi connectivity index (χ4n) is 5.92. The first-order valence-corrected chi connectivity index (χ1v) is 24.5. The highest BCUT2D eigenvalue weighted by molar-refractivity contribution is 7.47. The minimum absolute atomic E-state index is 0.00259. The van der Waals surface area contributed by atoms with E-state index in [9.17, 15) is 19.0 Å². The van der Waals surface area contributed by atoms with Crippen molar-refractivity contribution in [1.82, 2.24) is 0 Å². The molecule has 0 aliphatic heterocycles. The maximum atomic E-state index is 12.7. The maximum absolute atomic E-state index is 12.7. The number of rotatable bonds is 43. The van der Waals surface area contributed by atoms with Crippen LogP contribution in [0.2, 0.25) is 0 Å². The molecule has 0 aromatic carbocycles. The van der Waals surface area contributed by atoms with Gasteiger partial charge in [0.05, 0.1) is 19.8 Å². The smallest absolute Gasteiger partial charge is 0.472 e. The van der Waals surface area contributed by atoms with E-state index in [1.54, 1.807) is 0 Å². The van der Waals surface area contributed by atoms with E-state index in [2.05, 4.69) is 86.8 Å². The zero-order chi connectivity index (χ0) is 43.3. The molecule has 340 valence electrons. The standard InChI is InChI=1S/C48H84NO9P/c1-3-5-7-9-11-13-15-17-19-21-22-23-25-27-29-31-33-35-37-39-41-55-42-45(43-56-59(53,54)57-44-46(49)48(51)52)58-47(50)40-38-36-34-32-30-28-26-24-20-18-16-14-12-10-8-6-4-2/h5,7,11-14,17-20,22-23,45-46H,3-4,6,8-10,15-16,21,24-44,49H2,1-2H3,(H,51,52)(H,53,54)/b7-5-,13-11-,14-12-,19-17-,20-18-,23-22-. The molecule has 0 amide bonds. The summed E-state index contributed by atoms with van der Waals surface area (Å²) < 4.78 is 33.4. The predicted molar refractivity (Wildman–Crippen MR) is 244 cm³/mol. The zero-order valence-electron chi connectivity index (χ0n) is 37.1. The number of hydrogen-bond donors (Lipinski definition) is 3. The van der Waals surface area contributed by atoms with E-state index in [4.69, 9.17) is 29.4 Å². The summed E-state index contributed by atoms with van der Waals surface area (Å²) in [6, 6.07) is -1.48. The van der Waals surface area contributed by atoms with Gasteiger partial charge in [0.25, 0.3) is 0 Å². The molecular weight excluding hydrogens is 765 g/mol. The molecule has 3 atom stereocenters. The highest BCUT2D eigenvalue weighted by atomic mass is 31.2. The third kappa shape index (κ3) is 43.3. The van der Waals surface area contributed by atoms with Crippen LogP contribution in [0.25, 0.3) is 0 Å². The minimum atomic E-state index is -4.63. The van der Waals surface area contributed by atoms with Crippen LogP contribution in [0.5, 0.6) is 0 Å². The van der Waals surface area contributed by atoms with Gasteiger partial charge in [0.15, 0.2) is 0 Å². The summed E-state index contributed by atoms with van der Waals surface area (Å²) in [6.07, 6.45) is 53.7. The van der Waals surface area contributed by atoms with Gasteiger partial charge in [-0.2, -0.15) is 0 Å². The molecule has 0 radical (unpaired) electrons. The Morgan fingerprint density at radius 3 is 1.47 bits per heavy atom. The molecule has 0 saturated heterocycles. The number of phosphoric ester groups is 1. The number of phosphoric acid groups is 1. The van der Waals surface area contributed by atoms with Crippen molar-refractivity contribution in [3.8, 4) is 0 Å². The summed E-state index contributed by atoms with van der Waals surface area (Å²) in [5, 5.41) is 8.91. The van der Waals surface area contributed by atoms with Crippen molar-refractivity contribution >= 4 is 19.8 Å². The second-order valence-corrected chi connectivity index (χ2v) is 16.6. The molecule has 0 aliphatic rings. The SMILES string of the molecule is CC/C=C\C/C=C\C/C=C\C/C=C\CCCCCCCCCOCC(COP(=O)(O)OCC(N)C(=O)O)OC(=O)CCCCCCCCC/C=C\C/C=C\CCCCC. The molecule has 59 heavy (non-hydrogen) atoms. The van der Waals surface area contributed by atoms with Crippen molar-refractivity contribution < 1.29 is 42.7 Å². The Morgan fingerprint density at radius 1 is 0.559 bits per heavy atom. The molecule has 0 heterocycles. The highest BCUT2D eigenvalue weighted by Gasteiger charge is 2.27. The number of ether oxygens (including phenoxy) is 2. The number of allylic oxidation sites excluding steroid dienone is 12. The number of carbonyl (C=O) groups is 2. The lowest BCUT2D eigenvalue weighted by atomic mass is 10.1. The number of hydrogen-bond acceptors (Lipinski definition) is 8. The van der Waals surface area contributed by atoms with E-state index in [-0.39, 0.29) is 13.0 Å². The number of unbranched alkanes of at least 4 members (excludes halogenated alkanes) is 17. The Kier molecular flexibility index (Phi) is 41.6. The van der Waals surface area contributed by atoms with Crippen molar-refractivity contribution in [2.75, 3.05) is 26.4 Å². The largest absolute Gasteiger partial charge is 0.480 e. The summed E-state index contributed by atoms with van der Waals surface area (Å²) in [6.45, 7) is 3.70. The Balaban J connectivity index is 4.25. The molecule has 0 saturated carbocycles. The van der Waals surface area contributed by atoms with Crippen LogP contribution in [0.1, 0.15) is 181 Å². The molecule has 0 rings (SSSR count). The van der Waals surface area contributed by atoms with Crippen LogP contribution in [0, 0.1) is 0 Å². The average molecular weight is 850 g/mol. The number of carboxylic acids is 1. The summed E-state index contributed by atoms with van der Waals surface area (Å²) in [7, 11) is -4.63. The fraction of sp³-hybridized carbons (Fsp3) is 0.708. The van der Waals surface area contributed by atoms with Crippen molar-refractivity contribution in [3.63, 3.8) is 0 Å². The first kappa shape index (κ1) is 56.4. The Labute approximate surface area is 359 Å². The number of carboxylic acid groups (broad SMARTS) is 1. The Morgan fingerprint density at radius 2 is 0.983 bits per heavy atom. The zero-order valence-corrected chi connectivity index (χ0v) is 38.0. The van der Waals surface area contributed by atoms with Crippen molar-refractivity contribution in [1.29, 1.82) is 0 Å². The lowest BCUT2D eigenvalue weighted by Gasteiger charge is -2.20. The summed E-state index contributed by atoms with van der Waals surface area (Å²) in [5.41, 5.74) is 5.36. The summed E-state index contributed by atoms with van der Waals surface area (Å²) in [5.74, 6) is -1.80. The van der Waals surface area contributed by atoms with E-state index in [0.29, 0.717) is 13.0 Å². The van der Waals surface area contributed by atoms with Crippen LogP contribution in [-0.4, -0.2) is 60.5 Å². The molecule has 10 nitrogen and oxygen atoms in total. The van der Waals surface area contributed by atoms with Crippen molar-refractivity contribution in [3.05, 3.63) is 72.9 Å². The summed E-state index contributed by atoms with van der Waals surface area (Å²) in [4.78, 5) is 33.6. The minimum Gasteiger partial charge on any atom is -0.480 e. The highest BCUT2D eigenvalue weighted by Crippen LogP contribution is 2.43. The molecular formula is C48H84NO9P. The van der Waals surface area contributed by atoms with Crippen molar-refractivity contribution in [2.45, 2.75) is 193 Å². The third-order valence-electron chi connectivity index (χ3n) is 9.47. The van der Waals surface area contributed by atoms with E-state index in [0.717, 1.165) is 83.5 Å². The fourth-order valence-corrected chi connectivity index (χ4v) is 6.70. The maximum Gasteiger partial charge on any atom is 0.472 e. The van der Waals surface area contributed by atoms with Crippen LogP contribution in [0.3, 0.4) is 0 Å². The quantitative estimate of drug-likeness (QED) is 0.0234. The molecule has 0 aromatic rings. The van der Waals surface area contributed by atoms with Gasteiger partial charge in [-0.15, -0.1) is 0 Å². The first-order valence-electron chi connectivity index (χ1n) is 23.0. The molecule has 4 N–H and O–H groups in total. The monoisotopic (exact) mass is 850 g/mol. The van der Waals surface area contributed by atoms with Gasteiger partial charge in [-0.3, -0.25) is 18.6 Å². The van der Waals surface area contributed by atoms with Gasteiger partial charge < -0.3 is 25.2 Å². The molecule has 0 fully saturated rings. The number of nitrogens with two attached hydrogens (primary N) is 1. The van der Waals surface area contributed by atoms with E-state index in [1.807, 2.05) is 0 Å². The lowest BCUT2D eigenvalue weighted by molar-refractivity contribution is -0.154. The Hall–Kier alpha value is -2.59. The van der Waals surface area contributed by atoms with Gasteiger partial charge in [0.1, 0.15) is 12.1 Å². The molecule has 0 aliphatic carbocycles. The van der Waals surface area contributed by atoms with Gasteiger partial charge in [-0.05, 0) is 83.5 Å². The molecule has 0 spiro atoms. The normalized spacial score (nSPS) is 14.5. The van der Waals surface area contributed by atoms with Crippen LogP contribution in [0.4, 0.5) is 0 Å². The second-order valence-electron chi connectivity index (χ2n) is 15.1. The molecule has 0 aromatic heterocycles. The first-order chi connectivity index (χ1) is 28.7. The van der Waals surface area contributed by atoms with Crippen molar-refractivity contribution in [2.24, 2.45) is 5.73 Å². The van der Waals surface area contributed by atoms with Gasteiger partial charge >= 0.3 is 19.8 Å². The van der Waals surface area contributed by atoms with Gasteiger partial charge in [-0.1, -0.05) is 164 Å². The molecule has 0 bridgehead atoms. The van der Waals surface area contributed by atoms with Crippen LogP contribution < -0.4 is 5.73 Å².